The van der Waals surface area contributed by atoms with Gasteiger partial charge in [-0.15, -0.1) is 0 Å². The highest BCUT2D eigenvalue weighted by Crippen LogP contribution is 2.24. The molecule has 104 valence electrons. The van der Waals surface area contributed by atoms with Crippen molar-refractivity contribution < 1.29 is 4.79 Å². The summed E-state index contributed by atoms with van der Waals surface area (Å²) in [6, 6.07) is 9.19. The minimum absolute atomic E-state index is 0.0804. The van der Waals surface area contributed by atoms with Crippen LogP contribution in [0.4, 0.5) is 11.4 Å². The molecule has 1 atom stereocenters. The number of hydrogen-bond donors (Lipinski definition) is 3. The zero-order chi connectivity index (χ0) is 14.5. The van der Waals surface area contributed by atoms with Gasteiger partial charge in [0, 0.05) is 25.0 Å². The SMILES string of the molecule is CNC(=O)c1ccc(NC(C)c2cccnc2)c(N)c1. The van der Waals surface area contributed by atoms with Gasteiger partial charge in [-0.1, -0.05) is 6.07 Å². The maximum Gasteiger partial charge on any atom is 0.251 e. The Morgan fingerprint density at radius 1 is 1.35 bits per heavy atom. The molecule has 0 fully saturated rings. The molecule has 20 heavy (non-hydrogen) atoms. The molecule has 4 N–H and O–H groups in total. The molecule has 2 rings (SSSR count). The first-order chi connectivity index (χ1) is 9.61. The number of aromatic nitrogens is 1. The van der Waals surface area contributed by atoms with E-state index in [1.807, 2.05) is 31.3 Å². The van der Waals surface area contributed by atoms with E-state index in [4.69, 9.17) is 5.73 Å². The quantitative estimate of drug-likeness (QED) is 0.744. The predicted molar refractivity (Wildman–Crippen MR) is 80.5 cm³/mol. The molecule has 1 amide bonds. The molecule has 5 nitrogen and oxygen atoms in total. The summed E-state index contributed by atoms with van der Waals surface area (Å²) in [5.41, 5.74) is 8.94. The molecule has 0 saturated heterocycles. The van der Waals surface area contributed by atoms with E-state index in [-0.39, 0.29) is 11.9 Å². The maximum absolute atomic E-state index is 11.5. The molecule has 0 aliphatic carbocycles. The highest BCUT2D eigenvalue weighted by atomic mass is 16.1. The molecule has 0 spiro atoms. The Morgan fingerprint density at radius 2 is 2.15 bits per heavy atom. The van der Waals surface area contributed by atoms with Crippen LogP contribution in [-0.2, 0) is 0 Å². The number of rotatable bonds is 4. The number of pyridine rings is 1. The van der Waals surface area contributed by atoms with Crippen LogP contribution in [-0.4, -0.2) is 17.9 Å². The molecular weight excluding hydrogens is 252 g/mol. The van der Waals surface area contributed by atoms with Gasteiger partial charge in [-0.05, 0) is 36.8 Å². The second-order valence-corrected chi connectivity index (χ2v) is 4.53. The van der Waals surface area contributed by atoms with E-state index in [0.29, 0.717) is 11.3 Å². The van der Waals surface area contributed by atoms with Crippen molar-refractivity contribution in [3.63, 3.8) is 0 Å². The first kappa shape index (κ1) is 13.9. The lowest BCUT2D eigenvalue weighted by Crippen LogP contribution is -2.18. The number of carbonyl (C=O) groups excluding carboxylic acids is 1. The summed E-state index contributed by atoms with van der Waals surface area (Å²) in [7, 11) is 1.59. The van der Waals surface area contributed by atoms with E-state index >= 15 is 0 Å². The van der Waals surface area contributed by atoms with E-state index < -0.39 is 0 Å². The summed E-state index contributed by atoms with van der Waals surface area (Å²) >= 11 is 0. The number of hydrogen-bond acceptors (Lipinski definition) is 4. The van der Waals surface area contributed by atoms with E-state index in [1.54, 1.807) is 25.4 Å². The Bertz CT molecular complexity index is 598. The summed E-state index contributed by atoms with van der Waals surface area (Å²) in [6.07, 6.45) is 3.55. The van der Waals surface area contributed by atoms with Crippen LogP contribution < -0.4 is 16.4 Å². The smallest absolute Gasteiger partial charge is 0.251 e. The fraction of sp³-hybridized carbons (Fsp3) is 0.200. The van der Waals surface area contributed by atoms with Gasteiger partial charge in [0.05, 0.1) is 17.4 Å². The molecule has 0 radical (unpaired) electrons. The number of nitrogens with two attached hydrogens (primary N) is 1. The van der Waals surface area contributed by atoms with E-state index in [1.165, 1.54) is 0 Å². The Hall–Kier alpha value is -2.56. The molecular formula is C15H18N4O. The number of benzene rings is 1. The third kappa shape index (κ3) is 3.06. The standard InChI is InChI=1S/C15H18N4O/c1-10(12-4-3-7-18-9-12)19-14-6-5-11(8-13(14)16)15(20)17-2/h3-10,19H,16H2,1-2H3,(H,17,20). The van der Waals surface area contributed by atoms with Crippen LogP contribution in [0, 0.1) is 0 Å². The molecule has 1 aromatic heterocycles. The van der Waals surface area contributed by atoms with Gasteiger partial charge in [-0.2, -0.15) is 0 Å². The fourth-order valence-corrected chi connectivity index (χ4v) is 1.93. The molecule has 0 saturated carbocycles. The molecule has 1 unspecified atom stereocenters. The monoisotopic (exact) mass is 270 g/mol. The zero-order valence-corrected chi connectivity index (χ0v) is 11.6. The molecule has 1 aromatic carbocycles. The number of nitrogen functional groups attached to an aromatic ring is 1. The lowest BCUT2D eigenvalue weighted by Gasteiger charge is -2.17. The average molecular weight is 270 g/mol. The summed E-state index contributed by atoms with van der Waals surface area (Å²) in [6.45, 7) is 2.03. The second-order valence-electron chi connectivity index (χ2n) is 4.53. The van der Waals surface area contributed by atoms with Crippen molar-refractivity contribution in [2.75, 3.05) is 18.1 Å². The van der Waals surface area contributed by atoms with Gasteiger partial charge >= 0.3 is 0 Å². The number of amides is 1. The van der Waals surface area contributed by atoms with Crippen molar-refractivity contribution >= 4 is 17.3 Å². The van der Waals surface area contributed by atoms with Crippen molar-refractivity contribution in [1.82, 2.24) is 10.3 Å². The topological polar surface area (TPSA) is 80.0 Å². The Labute approximate surface area is 118 Å². The van der Waals surface area contributed by atoms with Crippen LogP contribution in [0.2, 0.25) is 0 Å². The normalized spacial score (nSPS) is 11.7. The van der Waals surface area contributed by atoms with Crippen LogP contribution in [0.1, 0.15) is 28.9 Å². The van der Waals surface area contributed by atoms with Gasteiger partial charge in [0.25, 0.3) is 5.91 Å². The zero-order valence-electron chi connectivity index (χ0n) is 11.6. The number of nitrogens with zero attached hydrogens (tertiary/aromatic N) is 1. The second kappa shape index (κ2) is 6.06. The van der Waals surface area contributed by atoms with Crippen LogP contribution in [0.3, 0.4) is 0 Å². The molecule has 5 heteroatoms. The van der Waals surface area contributed by atoms with Crippen LogP contribution >= 0.6 is 0 Å². The van der Waals surface area contributed by atoms with Gasteiger partial charge in [-0.3, -0.25) is 9.78 Å². The maximum atomic E-state index is 11.5. The first-order valence-corrected chi connectivity index (χ1v) is 6.40. The third-order valence-corrected chi connectivity index (χ3v) is 3.10. The van der Waals surface area contributed by atoms with Crippen molar-refractivity contribution in [2.45, 2.75) is 13.0 Å². The number of carbonyl (C=O) groups is 1. The van der Waals surface area contributed by atoms with Crippen LogP contribution in [0.5, 0.6) is 0 Å². The highest BCUT2D eigenvalue weighted by Gasteiger charge is 2.10. The lowest BCUT2D eigenvalue weighted by molar-refractivity contribution is 0.0963. The van der Waals surface area contributed by atoms with Gasteiger partial charge in [0.2, 0.25) is 0 Å². The molecule has 0 aliphatic rings. The van der Waals surface area contributed by atoms with E-state index in [2.05, 4.69) is 15.6 Å². The van der Waals surface area contributed by atoms with E-state index in [9.17, 15) is 4.79 Å². The first-order valence-electron chi connectivity index (χ1n) is 6.40. The Balaban J connectivity index is 2.16. The summed E-state index contributed by atoms with van der Waals surface area (Å²) in [5.74, 6) is -0.149. The van der Waals surface area contributed by atoms with E-state index in [0.717, 1.165) is 11.3 Å². The third-order valence-electron chi connectivity index (χ3n) is 3.10. The van der Waals surface area contributed by atoms with Crippen molar-refractivity contribution in [3.05, 3.63) is 53.9 Å². The average Bonchev–Trinajstić information content (AvgIpc) is 2.49. The van der Waals surface area contributed by atoms with Gasteiger partial charge in [0.1, 0.15) is 0 Å². The molecule has 1 heterocycles. The molecule has 0 aliphatic heterocycles. The van der Waals surface area contributed by atoms with Crippen molar-refractivity contribution in [2.24, 2.45) is 0 Å². The predicted octanol–water partition coefficient (Wildman–Crippen LogP) is 2.20. The summed E-state index contributed by atoms with van der Waals surface area (Å²) in [5, 5.41) is 5.89. The van der Waals surface area contributed by atoms with Crippen LogP contribution in [0.25, 0.3) is 0 Å². The Morgan fingerprint density at radius 3 is 2.75 bits per heavy atom. The lowest BCUT2D eigenvalue weighted by atomic mass is 10.1. The minimum atomic E-state index is -0.149. The summed E-state index contributed by atoms with van der Waals surface area (Å²) < 4.78 is 0. The van der Waals surface area contributed by atoms with Crippen molar-refractivity contribution in [1.29, 1.82) is 0 Å². The van der Waals surface area contributed by atoms with Gasteiger partial charge in [-0.25, -0.2) is 0 Å². The number of nitrogens with one attached hydrogen (secondary N) is 2. The highest BCUT2D eigenvalue weighted by molar-refractivity contribution is 5.95. The minimum Gasteiger partial charge on any atom is -0.397 e. The Kier molecular flexibility index (Phi) is 4.20. The molecule has 2 aromatic rings. The van der Waals surface area contributed by atoms with Crippen LogP contribution in [0.15, 0.2) is 42.7 Å². The number of anilines is 2. The van der Waals surface area contributed by atoms with Crippen molar-refractivity contribution in [3.8, 4) is 0 Å². The summed E-state index contributed by atoms with van der Waals surface area (Å²) in [4.78, 5) is 15.6. The van der Waals surface area contributed by atoms with Gasteiger partial charge in [0.15, 0.2) is 0 Å². The molecule has 0 bridgehead atoms. The largest absolute Gasteiger partial charge is 0.397 e. The van der Waals surface area contributed by atoms with Gasteiger partial charge < -0.3 is 16.4 Å². The fourth-order valence-electron chi connectivity index (χ4n) is 1.93.